The van der Waals surface area contributed by atoms with E-state index in [1.54, 1.807) is 11.3 Å². The van der Waals surface area contributed by atoms with Gasteiger partial charge in [0.2, 0.25) is 0 Å². The summed E-state index contributed by atoms with van der Waals surface area (Å²) in [5, 5.41) is 14.3. The Morgan fingerprint density at radius 2 is 1.85 bits per heavy atom. The van der Waals surface area contributed by atoms with Crippen LogP contribution >= 0.6 is 11.3 Å². The highest BCUT2D eigenvalue weighted by Crippen LogP contribution is 2.32. The summed E-state index contributed by atoms with van der Waals surface area (Å²) >= 11 is 1.77. The number of fused-ring (bicyclic) bond motifs is 1. The van der Waals surface area contributed by atoms with E-state index in [-0.39, 0.29) is 11.6 Å². The van der Waals surface area contributed by atoms with Crippen LogP contribution in [0.3, 0.4) is 0 Å². The second-order valence-electron chi connectivity index (χ2n) is 5.68. The molecule has 1 N–H and O–H groups in total. The maximum atomic E-state index is 10.8. The highest BCUT2D eigenvalue weighted by molar-refractivity contribution is 7.17. The van der Waals surface area contributed by atoms with Gasteiger partial charge in [-0.2, -0.15) is 0 Å². The van der Waals surface area contributed by atoms with Crippen molar-refractivity contribution in [3.8, 4) is 0 Å². The monoisotopic (exact) mass is 291 g/mol. The molecule has 0 aliphatic carbocycles. The SMILES string of the molecule is CCC(CC)(C(O)Cc1csc2ccccc12)N(C)C. The summed E-state index contributed by atoms with van der Waals surface area (Å²) in [6.45, 7) is 4.33. The third-order valence-corrected chi connectivity index (χ3v) is 5.72. The van der Waals surface area contributed by atoms with E-state index in [0.717, 1.165) is 19.3 Å². The Kier molecular flexibility index (Phi) is 4.84. The molecule has 0 fully saturated rings. The Hall–Kier alpha value is -0.900. The quantitative estimate of drug-likeness (QED) is 0.872. The average molecular weight is 291 g/mol. The van der Waals surface area contributed by atoms with E-state index in [2.05, 4.69) is 62.5 Å². The molecule has 1 atom stereocenters. The van der Waals surface area contributed by atoms with Crippen LogP contribution in [0.15, 0.2) is 29.6 Å². The van der Waals surface area contributed by atoms with Crippen molar-refractivity contribution in [2.24, 2.45) is 0 Å². The Labute approximate surface area is 126 Å². The molecule has 0 amide bonds. The van der Waals surface area contributed by atoms with Crippen LogP contribution in [0, 0.1) is 0 Å². The zero-order valence-electron chi connectivity index (χ0n) is 12.9. The molecule has 3 heteroatoms. The standard InChI is InChI=1S/C17H25NOS/c1-5-17(6-2,18(3)4)16(19)11-13-12-20-15-10-8-7-9-14(13)15/h7-10,12,16,19H,5-6,11H2,1-4H3. The first-order chi connectivity index (χ1) is 9.55. The zero-order valence-corrected chi connectivity index (χ0v) is 13.7. The third-order valence-electron chi connectivity index (χ3n) is 4.71. The van der Waals surface area contributed by atoms with E-state index in [1.165, 1.54) is 15.6 Å². The normalized spacial score (nSPS) is 14.1. The van der Waals surface area contributed by atoms with Crippen LogP contribution in [0.25, 0.3) is 10.1 Å². The summed E-state index contributed by atoms with van der Waals surface area (Å²) in [5.74, 6) is 0. The summed E-state index contributed by atoms with van der Waals surface area (Å²) in [4.78, 5) is 2.19. The van der Waals surface area contributed by atoms with Crippen LogP contribution in [0.5, 0.6) is 0 Å². The smallest absolute Gasteiger partial charge is 0.0764 e. The van der Waals surface area contributed by atoms with Crippen molar-refractivity contribution in [3.63, 3.8) is 0 Å². The molecule has 2 nitrogen and oxygen atoms in total. The molecule has 0 saturated carbocycles. The number of aliphatic hydroxyl groups is 1. The number of thiophene rings is 1. The molecule has 20 heavy (non-hydrogen) atoms. The first-order valence-electron chi connectivity index (χ1n) is 7.35. The lowest BCUT2D eigenvalue weighted by Crippen LogP contribution is -2.53. The maximum absolute atomic E-state index is 10.8. The Morgan fingerprint density at radius 1 is 1.20 bits per heavy atom. The number of likely N-dealkylation sites (N-methyl/N-ethyl adjacent to an activating group) is 1. The van der Waals surface area contributed by atoms with Crippen LogP contribution in [0.2, 0.25) is 0 Å². The Balaban J connectivity index is 2.28. The number of nitrogens with zero attached hydrogens (tertiary/aromatic N) is 1. The van der Waals surface area contributed by atoms with Crippen LogP contribution < -0.4 is 0 Å². The molecule has 0 aliphatic heterocycles. The highest BCUT2D eigenvalue weighted by atomic mass is 32.1. The van der Waals surface area contributed by atoms with Crippen molar-refractivity contribution in [3.05, 3.63) is 35.2 Å². The minimum Gasteiger partial charge on any atom is -0.391 e. The average Bonchev–Trinajstić information content (AvgIpc) is 2.84. The van der Waals surface area contributed by atoms with E-state index >= 15 is 0 Å². The molecule has 1 heterocycles. The van der Waals surface area contributed by atoms with Gasteiger partial charge in [0.25, 0.3) is 0 Å². The number of benzene rings is 1. The van der Waals surface area contributed by atoms with Gasteiger partial charge in [-0.25, -0.2) is 0 Å². The molecule has 0 aliphatic rings. The molecule has 0 saturated heterocycles. The highest BCUT2D eigenvalue weighted by Gasteiger charge is 2.36. The molecule has 1 aromatic carbocycles. The van der Waals surface area contributed by atoms with Gasteiger partial charge in [0, 0.05) is 16.7 Å². The molecule has 2 aromatic rings. The first-order valence-corrected chi connectivity index (χ1v) is 8.23. The molecule has 0 bridgehead atoms. The van der Waals surface area contributed by atoms with Gasteiger partial charge in [0.1, 0.15) is 0 Å². The Bertz CT molecular complexity index is 557. The van der Waals surface area contributed by atoms with Crippen LogP contribution in [-0.4, -0.2) is 35.7 Å². The van der Waals surface area contributed by atoms with Crippen molar-refractivity contribution in [2.75, 3.05) is 14.1 Å². The van der Waals surface area contributed by atoms with Crippen molar-refractivity contribution in [2.45, 2.75) is 44.8 Å². The van der Waals surface area contributed by atoms with Gasteiger partial charge in [-0.3, -0.25) is 0 Å². The lowest BCUT2D eigenvalue weighted by molar-refractivity contribution is -0.0123. The van der Waals surface area contributed by atoms with Crippen LogP contribution in [0.1, 0.15) is 32.3 Å². The number of hydrogen-bond donors (Lipinski definition) is 1. The van der Waals surface area contributed by atoms with E-state index in [4.69, 9.17) is 0 Å². The summed E-state index contributed by atoms with van der Waals surface area (Å²) in [7, 11) is 4.14. The molecule has 1 unspecified atom stereocenters. The van der Waals surface area contributed by atoms with Gasteiger partial charge in [0.05, 0.1) is 6.10 Å². The predicted octanol–water partition coefficient (Wildman–Crippen LogP) is 3.93. The summed E-state index contributed by atoms with van der Waals surface area (Å²) < 4.78 is 1.30. The van der Waals surface area contributed by atoms with Gasteiger partial charge < -0.3 is 10.0 Å². The zero-order chi connectivity index (χ0) is 14.8. The number of hydrogen-bond acceptors (Lipinski definition) is 3. The topological polar surface area (TPSA) is 23.5 Å². The van der Waals surface area contributed by atoms with Gasteiger partial charge >= 0.3 is 0 Å². The summed E-state index contributed by atoms with van der Waals surface area (Å²) in [6, 6.07) is 8.45. The molecule has 1 aromatic heterocycles. The largest absolute Gasteiger partial charge is 0.391 e. The molecule has 0 spiro atoms. The van der Waals surface area contributed by atoms with Crippen LogP contribution in [-0.2, 0) is 6.42 Å². The third kappa shape index (κ3) is 2.62. The number of rotatable bonds is 6. The Morgan fingerprint density at radius 3 is 2.45 bits per heavy atom. The van der Waals surface area contributed by atoms with Gasteiger partial charge in [-0.05, 0) is 49.3 Å². The van der Waals surface area contributed by atoms with Crippen molar-refractivity contribution >= 4 is 21.4 Å². The molecule has 2 rings (SSSR count). The molecular formula is C17H25NOS. The lowest BCUT2D eigenvalue weighted by atomic mass is 9.82. The molecule has 0 radical (unpaired) electrons. The second kappa shape index (κ2) is 6.25. The maximum Gasteiger partial charge on any atom is 0.0764 e. The fourth-order valence-electron chi connectivity index (χ4n) is 3.24. The van der Waals surface area contributed by atoms with Gasteiger partial charge in [0.15, 0.2) is 0 Å². The number of aliphatic hydroxyl groups excluding tert-OH is 1. The summed E-state index contributed by atoms with van der Waals surface area (Å²) in [6.07, 6.45) is 2.30. The van der Waals surface area contributed by atoms with Crippen molar-refractivity contribution in [1.29, 1.82) is 0 Å². The lowest BCUT2D eigenvalue weighted by Gasteiger charge is -2.42. The van der Waals surface area contributed by atoms with Crippen molar-refractivity contribution in [1.82, 2.24) is 4.90 Å². The van der Waals surface area contributed by atoms with E-state index in [1.807, 2.05) is 0 Å². The van der Waals surface area contributed by atoms with E-state index < -0.39 is 0 Å². The van der Waals surface area contributed by atoms with E-state index in [9.17, 15) is 5.11 Å². The van der Waals surface area contributed by atoms with E-state index in [0.29, 0.717) is 0 Å². The molecule has 110 valence electrons. The van der Waals surface area contributed by atoms with Gasteiger partial charge in [-0.1, -0.05) is 32.0 Å². The van der Waals surface area contributed by atoms with Gasteiger partial charge in [-0.15, -0.1) is 11.3 Å². The minimum atomic E-state index is -0.342. The minimum absolute atomic E-state index is 0.136. The predicted molar refractivity (Wildman–Crippen MR) is 88.5 cm³/mol. The molecular weight excluding hydrogens is 266 g/mol. The van der Waals surface area contributed by atoms with Crippen LogP contribution in [0.4, 0.5) is 0 Å². The fourth-order valence-corrected chi connectivity index (χ4v) is 4.22. The summed E-state index contributed by atoms with van der Waals surface area (Å²) in [5.41, 5.74) is 1.13. The second-order valence-corrected chi connectivity index (χ2v) is 6.59. The first kappa shape index (κ1) is 15.5. The fraction of sp³-hybridized carbons (Fsp3) is 0.529. The van der Waals surface area contributed by atoms with Crippen molar-refractivity contribution < 1.29 is 5.11 Å².